The lowest BCUT2D eigenvalue weighted by Crippen LogP contribution is -2.66. The molecule has 4 atom stereocenters. The molecule has 12 bridgehead atoms. The third kappa shape index (κ3) is 6.01. The zero-order valence-electron chi connectivity index (χ0n) is 35.7. The smallest absolute Gasteiger partial charge is 0.335 e. The van der Waals surface area contributed by atoms with Gasteiger partial charge in [-0.2, -0.15) is 35.1 Å². The van der Waals surface area contributed by atoms with E-state index in [1.807, 2.05) is 0 Å². The molecule has 0 aromatic carbocycles. The van der Waals surface area contributed by atoms with Gasteiger partial charge < -0.3 is 28.4 Å². The molecule has 63 heavy (non-hydrogen) atoms. The van der Waals surface area contributed by atoms with Crippen LogP contribution in [-0.2, 0) is 38.0 Å². The van der Waals surface area contributed by atoms with Gasteiger partial charge >= 0.3 is 35.6 Å². The summed E-state index contributed by atoms with van der Waals surface area (Å²) in [5.41, 5.74) is -3.58. The molecule has 8 nitrogen and oxygen atoms in total. The fraction of sp³-hybridized carbons (Fsp3) is 0.957. The van der Waals surface area contributed by atoms with Crippen LogP contribution in [0.15, 0.2) is 0 Å². The van der Waals surface area contributed by atoms with E-state index in [4.69, 9.17) is 28.4 Å². The molecule has 0 aromatic heterocycles. The molecular weight excluding hydrogens is 844 g/mol. The lowest BCUT2D eigenvalue weighted by Gasteiger charge is -2.65. The zero-order valence-corrected chi connectivity index (χ0v) is 35.7. The van der Waals surface area contributed by atoms with E-state index in [1.54, 1.807) is 0 Å². The lowest BCUT2D eigenvalue weighted by atomic mass is 9.39. The summed E-state index contributed by atoms with van der Waals surface area (Å²) in [5.74, 6) is -19.5. The molecule has 0 radical (unpaired) electrons. The first-order valence-electron chi connectivity index (χ1n) is 24.1. The maximum Gasteiger partial charge on any atom is 0.335 e. The van der Waals surface area contributed by atoms with Crippen molar-refractivity contribution < 1.29 is 73.1 Å². The number of carbonyl (C=O) groups is 2. The van der Waals surface area contributed by atoms with Gasteiger partial charge in [-0.15, -0.1) is 0 Å². The van der Waals surface area contributed by atoms with Gasteiger partial charge in [-0.1, -0.05) is 0 Å². The molecule has 2 saturated heterocycles. The Kier molecular flexibility index (Phi) is 9.10. The number of esters is 2. The third-order valence-corrected chi connectivity index (χ3v) is 20.3. The Morgan fingerprint density at radius 3 is 1.22 bits per heavy atom. The Labute approximate surface area is 362 Å². The standard InChI is InChI=1S/C47H60F8O8/c48-42(49)3-1-41(2-4-43(42,50)51)32-10-28-11-33(41)17-39(14-28,16-32)36(56)58-20-38(22-60-46(61-23-38)30-6-26-5-27(8-30)9-31(46)7-26)21-59-37(57)40-15-29-12-34(18-40)47(35(13-29)19-40)62-24-44(52,53)45(54,55)25-63-47/h26-35H,1-25H2. The van der Waals surface area contributed by atoms with Gasteiger partial charge in [0.15, 0.2) is 11.6 Å². The summed E-state index contributed by atoms with van der Waals surface area (Å²) in [6, 6.07) is 0. The molecule has 13 aliphatic carbocycles. The van der Waals surface area contributed by atoms with E-state index in [-0.39, 0.29) is 87.6 Å². The second kappa shape index (κ2) is 13.5. The molecule has 2 aliphatic heterocycles. The summed E-state index contributed by atoms with van der Waals surface area (Å²) in [6.07, 6.45) is 8.46. The van der Waals surface area contributed by atoms with Crippen molar-refractivity contribution in [2.45, 2.75) is 157 Å². The maximum absolute atomic E-state index is 14.7. The van der Waals surface area contributed by atoms with Crippen LogP contribution in [0.4, 0.5) is 35.1 Å². The van der Waals surface area contributed by atoms with Crippen LogP contribution >= 0.6 is 0 Å². The number of alkyl halides is 8. The van der Waals surface area contributed by atoms with Crippen LogP contribution < -0.4 is 0 Å². The van der Waals surface area contributed by atoms with Crippen molar-refractivity contribution in [2.75, 3.05) is 39.6 Å². The van der Waals surface area contributed by atoms with Crippen LogP contribution in [0.1, 0.15) is 122 Å². The number of rotatable bonds is 6. The van der Waals surface area contributed by atoms with Crippen LogP contribution in [-0.4, -0.2) is 86.8 Å². The van der Waals surface area contributed by atoms with Gasteiger partial charge in [0, 0.05) is 36.5 Å². The van der Waals surface area contributed by atoms with E-state index in [0.717, 1.165) is 38.5 Å². The van der Waals surface area contributed by atoms with Crippen molar-refractivity contribution in [2.24, 2.45) is 80.8 Å². The highest BCUT2D eigenvalue weighted by molar-refractivity contribution is 5.78. The van der Waals surface area contributed by atoms with E-state index in [9.17, 15) is 44.7 Å². The molecule has 4 unspecified atom stereocenters. The minimum Gasteiger partial charge on any atom is -0.464 e. The van der Waals surface area contributed by atoms with Gasteiger partial charge in [0.1, 0.15) is 26.4 Å². The zero-order chi connectivity index (χ0) is 43.8. The summed E-state index contributed by atoms with van der Waals surface area (Å²) in [5, 5.41) is 0. The molecule has 0 amide bonds. The summed E-state index contributed by atoms with van der Waals surface area (Å²) in [7, 11) is 0. The quantitative estimate of drug-likeness (QED) is 0.193. The van der Waals surface area contributed by atoms with Gasteiger partial charge in [0.05, 0.1) is 29.5 Å². The molecule has 352 valence electrons. The molecule has 15 aliphatic rings. The van der Waals surface area contributed by atoms with Crippen molar-refractivity contribution in [3.63, 3.8) is 0 Å². The predicted molar refractivity (Wildman–Crippen MR) is 203 cm³/mol. The summed E-state index contributed by atoms with van der Waals surface area (Å²) >= 11 is 0. The van der Waals surface area contributed by atoms with Crippen LogP contribution in [0.3, 0.4) is 0 Å². The number of ether oxygens (including phenoxy) is 6. The Morgan fingerprint density at radius 1 is 0.413 bits per heavy atom. The fourth-order valence-corrected chi connectivity index (χ4v) is 17.7. The van der Waals surface area contributed by atoms with Gasteiger partial charge in [0.2, 0.25) is 0 Å². The minimum atomic E-state index is -4.40. The monoisotopic (exact) mass is 904 g/mol. The predicted octanol–water partition coefficient (Wildman–Crippen LogP) is 9.76. The van der Waals surface area contributed by atoms with Crippen molar-refractivity contribution in [1.82, 2.24) is 0 Å². The number of hydrogen-bond acceptors (Lipinski definition) is 8. The molecule has 16 heteroatoms. The highest BCUT2D eigenvalue weighted by Crippen LogP contribution is 2.72. The van der Waals surface area contributed by atoms with Gasteiger partial charge in [-0.05, 0) is 150 Å². The van der Waals surface area contributed by atoms with Crippen LogP contribution in [0.25, 0.3) is 0 Å². The van der Waals surface area contributed by atoms with E-state index in [1.165, 1.54) is 6.42 Å². The van der Waals surface area contributed by atoms with Gasteiger partial charge in [-0.25, -0.2) is 0 Å². The first kappa shape index (κ1) is 42.6. The molecule has 3 spiro atoms. The van der Waals surface area contributed by atoms with Crippen molar-refractivity contribution in [3.05, 3.63) is 0 Å². The van der Waals surface area contributed by atoms with Crippen LogP contribution in [0.2, 0.25) is 0 Å². The summed E-state index contributed by atoms with van der Waals surface area (Å²) in [4.78, 5) is 29.1. The summed E-state index contributed by atoms with van der Waals surface area (Å²) < 4.78 is 154. The van der Waals surface area contributed by atoms with Crippen LogP contribution in [0, 0.1) is 80.8 Å². The summed E-state index contributed by atoms with van der Waals surface area (Å²) in [6.45, 7) is -3.03. The van der Waals surface area contributed by atoms with Gasteiger partial charge in [0.25, 0.3) is 0 Å². The second-order valence-electron chi connectivity index (χ2n) is 23.9. The van der Waals surface area contributed by atoms with E-state index in [2.05, 4.69) is 0 Å². The van der Waals surface area contributed by atoms with Crippen molar-refractivity contribution in [3.8, 4) is 0 Å². The van der Waals surface area contributed by atoms with E-state index < -0.39 is 107 Å². The first-order chi connectivity index (χ1) is 29.6. The second-order valence-corrected chi connectivity index (χ2v) is 23.9. The largest absolute Gasteiger partial charge is 0.464 e. The first-order valence-corrected chi connectivity index (χ1v) is 24.1. The number of hydrogen-bond donors (Lipinski definition) is 0. The third-order valence-electron chi connectivity index (χ3n) is 20.3. The molecule has 2 heterocycles. The highest BCUT2D eigenvalue weighted by Gasteiger charge is 2.72. The molecular formula is C47H60F8O8. The minimum absolute atomic E-state index is 0.0216. The van der Waals surface area contributed by atoms with E-state index in [0.29, 0.717) is 50.4 Å². The molecule has 0 N–H and O–H groups in total. The average Bonchev–Trinajstić information content (AvgIpc) is 3.38. The molecule has 0 aromatic rings. The van der Waals surface area contributed by atoms with Crippen LogP contribution in [0.5, 0.6) is 0 Å². The average molecular weight is 905 g/mol. The van der Waals surface area contributed by atoms with E-state index >= 15 is 0 Å². The Hall–Kier alpha value is -1.78. The fourth-order valence-electron chi connectivity index (χ4n) is 17.7. The Morgan fingerprint density at radius 2 is 0.778 bits per heavy atom. The maximum atomic E-state index is 14.7. The Bertz CT molecular complexity index is 1690. The van der Waals surface area contributed by atoms with Gasteiger partial charge in [-0.3, -0.25) is 9.59 Å². The highest BCUT2D eigenvalue weighted by atomic mass is 19.3. The van der Waals surface area contributed by atoms with Crippen molar-refractivity contribution in [1.29, 1.82) is 0 Å². The molecule has 13 saturated carbocycles. The lowest BCUT2D eigenvalue weighted by molar-refractivity contribution is -0.386. The molecule has 15 rings (SSSR count). The number of halogens is 8. The van der Waals surface area contributed by atoms with Crippen molar-refractivity contribution >= 4 is 11.9 Å². The molecule has 15 fully saturated rings. The Balaban J connectivity index is 0.770. The normalized spacial score (nSPS) is 50.4. The topological polar surface area (TPSA) is 89.5 Å². The number of carbonyl (C=O) groups excluding carboxylic acids is 2. The SMILES string of the molecule is O=C(OCC1(COC(=O)C23CC4CC(C2)C2(OCC(F)(F)C(F)(F)CO2)C(C4)C3)COC2(OC1)C1CC3CC(C1)CC2C3)C12CC3CC(C1)C1(CCC(F)(F)C(F)(F)CC1)C(C3)C2.